The van der Waals surface area contributed by atoms with Gasteiger partial charge in [-0.1, -0.05) is 23.4 Å². The lowest BCUT2D eigenvalue weighted by Crippen LogP contribution is -2.48. The Morgan fingerprint density at radius 1 is 1.24 bits per heavy atom. The smallest absolute Gasteiger partial charge is 0.409 e. The molecule has 1 fully saturated rings. The van der Waals surface area contributed by atoms with Gasteiger partial charge in [0.1, 0.15) is 11.3 Å². The Morgan fingerprint density at radius 3 is 2.76 bits per heavy atom. The van der Waals surface area contributed by atoms with E-state index in [1.165, 1.54) is 13.3 Å². The van der Waals surface area contributed by atoms with Crippen LogP contribution in [0.3, 0.4) is 0 Å². The van der Waals surface area contributed by atoms with Gasteiger partial charge in [-0.15, -0.1) is 0 Å². The molecule has 4 heterocycles. The van der Waals surface area contributed by atoms with Gasteiger partial charge in [-0.25, -0.2) is 9.78 Å². The van der Waals surface area contributed by atoms with E-state index in [1.807, 2.05) is 37.4 Å². The van der Waals surface area contributed by atoms with E-state index >= 15 is 0 Å². The van der Waals surface area contributed by atoms with Gasteiger partial charge >= 0.3 is 6.09 Å². The quantitative estimate of drug-likeness (QED) is 0.408. The lowest BCUT2D eigenvalue weighted by Gasteiger charge is -2.35. The van der Waals surface area contributed by atoms with Crippen LogP contribution in [-0.4, -0.2) is 67.3 Å². The van der Waals surface area contributed by atoms with Crippen molar-refractivity contribution in [3.63, 3.8) is 0 Å². The lowest BCUT2D eigenvalue weighted by molar-refractivity contribution is 0.0800. The Morgan fingerprint density at radius 2 is 2.03 bits per heavy atom. The van der Waals surface area contributed by atoms with Gasteiger partial charge in [0.25, 0.3) is 5.91 Å². The minimum Gasteiger partial charge on any atom is -0.453 e. The van der Waals surface area contributed by atoms with Crippen LogP contribution in [-0.2, 0) is 11.2 Å². The molecule has 0 unspecified atom stereocenters. The SMILES string of the molecule is COC(=O)N1CC(c2nc(-c3ccc(C)c(NC(=O)c4cnc5ccc(CC(C)(C)O)cn45)c3)no2)C1. The van der Waals surface area contributed by atoms with Crippen molar-refractivity contribution in [1.29, 1.82) is 0 Å². The number of aryl methyl sites for hydroxylation is 1. The number of imidazole rings is 1. The summed E-state index contributed by atoms with van der Waals surface area (Å²) in [6, 6.07) is 9.25. The minimum atomic E-state index is -0.872. The molecule has 5 rings (SSSR count). The number of ether oxygens (including phenoxy) is 1. The summed E-state index contributed by atoms with van der Waals surface area (Å²) in [5.41, 5.74) is 3.19. The number of aromatic nitrogens is 4. The summed E-state index contributed by atoms with van der Waals surface area (Å²) in [7, 11) is 1.35. The third-order valence-corrected chi connectivity index (χ3v) is 6.29. The highest BCUT2D eigenvalue weighted by Gasteiger charge is 2.36. The molecule has 192 valence electrons. The molecule has 0 spiro atoms. The molecule has 37 heavy (non-hydrogen) atoms. The summed E-state index contributed by atoms with van der Waals surface area (Å²) >= 11 is 0. The molecule has 0 bridgehead atoms. The van der Waals surface area contributed by atoms with Gasteiger partial charge in [-0.05, 0) is 44.0 Å². The second-order valence-electron chi connectivity index (χ2n) is 9.91. The molecule has 0 aliphatic carbocycles. The number of carbonyl (C=O) groups excluding carboxylic acids is 2. The monoisotopic (exact) mass is 504 g/mol. The normalized spacial score (nSPS) is 14.0. The molecule has 0 radical (unpaired) electrons. The minimum absolute atomic E-state index is 0.0404. The molecule has 1 aliphatic rings. The fraction of sp³-hybridized carbons (Fsp3) is 0.346. The first-order valence-electron chi connectivity index (χ1n) is 11.9. The molecule has 1 aliphatic heterocycles. The van der Waals surface area contributed by atoms with Crippen LogP contribution < -0.4 is 5.32 Å². The van der Waals surface area contributed by atoms with Crippen LogP contribution in [0, 0.1) is 6.92 Å². The van der Waals surface area contributed by atoms with E-state index in [-0.39, 0.29) is 17.9 Å². The molecule has 4 aromatic rings. The number of anilines is 1. The van der Waals surface area contributed by atoms with Crippen molar-refractivity contribution >= 4 is 23.3 Å². The molecular weight excluding hydrogens is 476 g/mol. The fourth-order valence-corrected chi connectivity index (χ4v) is 4.31. The maximum Gasteiger partial charge on any atom is 0.409 e. The van der Waals surface area contributed by atoms with Crippen LogP contribution in [0.25, 0.3) is 17.0 Å². The number of nitrogens with zero attached hydrogens (tertiary/aromatic N) is 5. The van der Waals surface area contributed by atoms with E-state index < -0.39 is 5.60 Å². The third-order valence-electron chi connectivity index (χ3n) is 6.29. The Labute approximate surface area is 213 Å². The molecule has 2 N–H and O–H groups in total. The number of rotatable bonds is 6. The van der Waals surface area contributed by atoms with Gasteiger partial charge < -0.3 is 24.6 Å². The molecule has 1 saturated heterocycles. The van der Waals surface area contributed by atoms with E-state index in [9.17, 15) is 14.7 Å². The van der Waals surface area contributed by atoms with Crippen molar-refractivity contribution in [1.82, 2.24) is 24.4 Å². The Kier molecular flexibility index (Phi) is 6.16. The highest BCUT2D eigenvalue weighted by atomic mass is 16.5. The number of amides is 2. The van der Waals surface area contributed by atoms with E-state index in [2.05, 4.69) is 20.4 Å². The first-order valence-corrected chi connectivity index (χ1v) is 11.9. The van der Waals surface area contributed by atoms with Crippen LogP contribution in [0.4, 0.5) is 10.5 Å². The van der Waals surface area contributed by atoms with E-state index in [1.54, 1.807) is 29.2 Å². The number of benzene rings is 1. The van der Waals surface area contributed by atoms with Crippen molar-refractivity contribution < 1.29 is 24.0 Å². The summed E-state index contributed by atoms with van der Waals surface area (Å²) in [6.45, 7) is 6.29. The molecule has 2 amide bonds. The second kappa shape index (κ2) is 9.32. The largest absolute Gasteiger partial charge is 0.453 e. The molecule has 1 aromatic carbocycles. The fourth-order valence-electron chi connectivity index (χ4n) is 4.31. The topological polar surface area (TPSA) is 135 Å². The molecule has 11 heteroatoms. The number of fused-ring (bicyclic) bond motifs is 1. The summed E-state index contributed by atoms with van der Waals surface area (Å²) in [5.74, 6) is 0.489. The number of nitrogens with one attached hydrogen (secondary N) is 1. The predicted molar refractivity (Wildman–Crippen MR) is 134 cm³/mol. The average Bonchev–Trinajstić information content (AvgIpc) is 3.45. The standard InChI is InChI=1S/C26H28N6O5/c1-15-5-7-17(22-29-24(37-30-22)18-13-31(14-18)25(34)36-4)9-19(15)28-23(33)20-11-27-21-8-6-16(12-32(20)21)10-26(2,3)35/h5-9,11-12,18,35H,10,13-14H2,1-4H3,(H,28,33). The number of hydrogen-bond donors (Lipinski definition) is 2. The van der Waals surface area contributed by atoms with Crippen molar-refractivity contribution in [2.24, 2.45) is 0 Å². The highest BCUT2D eigenvalue weighted by Crippen LogP contribution is 2.29. The van der Waals surface area contributed by atoms with Gasteiger partial charge in [0.2, 0.25) is 11.7 Å². The summed E-state index contributed by atoms with van der Waals surface area (Å²) in [6.07, 6.45) is 3.41. The second-order valence-corrected chi connectivity index (χ2v) is 9.91. The predicted octanol–water partition coefficient (Wildman–Crippen LogP) is 3.42. The zero-order valence-electron chi connectivity index (χ0n) is 21.1. The lowest BCUT2D eigenvalue weighted by atomic mass is 10.0. The van der Waals surface area contributed by atoms with E-state index in [0.717, 1.165) is 11.1 Å². The summed E-state index contributed by atoms with van der Waals surface area (Å²) in [5, 5.41) is 17.2. The number of likely N-dealkylation sites (tertiary alicyclic amines) is 1. The van der Waals surface area contributed by atoms with Crippen molar-refractivity contribution in [3.8, 4) is 11.4 Å². The van der Waals surface area contributed by atoms with Crippen LogP contribution in [0.5, 0.6) is 0 Å². The summed E-state index contributed by atoms with van der Waals surface area (Å²) in [4.78, 5) is 35.2. The highest BCUT2D eigenvalue weighted by molar-refractivity contribution is 6.04. The van der Waals surface area contributed by atoms with Gasteiger partial charge in [0.15, 0.2) is 0 Å². The number of pyridine rings is 1. The molecular formula is C26H28N6O5. The van der Waals surface area contributed by atoms with Crippen LogP contribution in [0.1, 0.15) is 47.3 Å². The summed E-state index contributed by atoms with van der Waals surface area (Å²) < 4.78 is 11.9. The van der Waals surface area contributed by atoms with Crippen molar-refractivity contribution in [2.75, 3.05) is 25.5 Å². The van der Waals surface area contributed by atoms with Crippen molar-refractivity contribution in [3.05, 3.63) is 65.4 Å². The van der Waals surface area contributed by atoms with Crippen LogP contribution in [0.15, 0.2) is 47.2 Å². The molecule has 11 nitrogen and oxygen atoms in total. The van der Waals surface area contributed by atoms with Crippen LogP contribution in [0.2, 0.25) is 0 Å². The number of methoxy groups -OCH3 is 1. The zero-order chi connectivity index (χ0) is 26.3. The average molecular weight is 505 g/mol. The third kappa shape index (κ3) is 5.03. The van der Waals surface area contributed by atoms with Gasteiger partial charge in [0.05, 0.1) is 24.8 Å². The van der Waals surface area contributed by atoms with Gasteiger partial charge in [-0.2, -0.15) is 4.98 Å². The maximum absolute atomic E-state index is 13.2. The van der Waals surface area contributed by atoms with E-state index in [0.29, 0.717) is 53.8 Å². The van der Waals surface area contributed by atoms with Gasteiger partial charge in [0, 0.05) is 37.0 Å². The molecule has 0 saturated carbocycles. The number of carbonyl (C=O) groups is 2. The number of hydrogen-bond acceptors (Lipinski definition) is 8. The van der Waals surface area contributed by atoms with Crippen LogP contribution >= 0.6 is 0 Å². The first-order chi connectivity index (χ1) is 17.6. The molecule has 3 aromatic heterocycles. The first kappa shape index (κ1) is 24.4. The molecule has 0 atom stereocenters. The Balaban J connectivity index is 1.34. The van der Waals surface area contributed by atoms with Gasteiger partial charge in [-0.3, -0.25) is 9.20 Å². The van der Waals surface area contributed by atoms with E-state index in [4.69, 9.17) is 9.26 Å². The number of aliphatic hydroxyl groups is 1. The Bertz CT molecular complexity index is 1480. The van der Waals surface area contributed by atoms with Crippen molar-refractivity contribution in [2.45, 2.75) is 38.7 Å². The zero-order valence-corrected chi connectivity index (χ0v) is 21.1. The maximum atomic E-state index is 13.2. The Hall–Kier alpha value is -4.25.